The molecule has 0 spiro atoms. The molecule has 6 nitrogen and oxygen atoms in total. The van der Waals surface area contributed by atoms with E-state index in [0.29, 0.717) is 12.0 Å². The molecule has 0 aromatic carbocycles. The zero-order chi connectivity index (χ0) is 16.7. The van der Waals surface area contributed by atoms with Gasteiger partial charge in [-0.3, -0.25) is 4.79 Å². The average molecular weight is 447 g/mol. The molecule has 2 saturated carbocycles. The van der Waals surface area contributed by atoms with E-state index in [1.165, 1.54) is 19.3 Å². The molecule has 136 valence electrons. The van der Waals surface area contributed by atoms with Crippen LogP contribution in [0.5, 0.6) is 0 Å². The van der Waals surface area contributed by atoms with Crippen LogP contribution in [0.2, 0.25) is 0 Å². The van der Waals surface area contributed by atoms with Gasteiger partial charge in [-0.05, 0) is 32.1 Å². The Balaban J connectivity index is 0.00000288. The predicted octanol–water partition coefficient (Wildman–Crippen LogP) is 2.25. The Bertz CT molecular complexity index is 468. The standard InChI is InChI=1S/C17H29N5O.HI/c1-22(2)16(23)12-19-17(20-14-8-4-3-5-9-14)21-15-10-6-7-13(15)11-18;/h13-15H,3-10,12H2,1-2H3,(H2,19,20,21);1H. The van der Waals surface area contributed by atoms with Crippen molar-refractivity contribution in [2.45, 2.75) is 63.5 Å². The second-order valence-corrected chi connectivity index (χ2v) is 6.85. The summed E-state index contributed by atoms with van der Waals surface area (Å²) in [5.41, 5.74) is 0. The second kappa shape index (κ2) is 10.7. The molecule has 0 heterocycles. The van der Waals surface area contributed by atoms with E-state index >= 15 is 0 Å². The van der Waals surface area contributed by atoms with Gasteiger partial charge in [0.15, 0.2) is 5.96 Å². The molecule has 2 unspecified atom stereocenters. The van der Waals surface area contributed by atoms with Crippen LogP contribution in [0.3, 0.4) is 0 Å². The molecule has 2 aliphatic carbocycles. The lowest BCUT2D eigenvalue weighted by Gasteiger charge is -2.27. The van der Waals surface area contributed by atoms with Crippen molar-refractivity contribution < 1.29 is 4.79 Å². The number of carbonyl (C=O) groups is 1. The Labute approximate surface area is 162 Å². The number of guanidine groups is 1. The number of nitrogens with zero attached hydrogens (tertiary/aromatic N) is 3. The number of hydrogen-bond acceptors (Lipinski definition) is 3. The third kappa shape index (κ3) is 6.46. The summed E-state index contributed by atoms with van der Waals surface area (Å²) in [6.45, 7) is 0.138. The summed E-state index contributed by atoms with van der Waals surface area (Å²) in [5.74, 6) is 0.718. The van der Waals surface area contributed by atoms with Crippen molar-refractivity contribution in [2.24, 2.45) is 10.9 Å². The molecule has 7 heteroatoms. The number of likely N-dealkylation sites (N-methyl/N-ethyl adjacent to an activating group) is 1. The van der Waals surface area contributed by atoms with Crippen molar-refractivity contribution in [3.05, 3.63) is 0 Å². The van der Waals surface area contributed by atoms with Gasteiger partial charge < -0.3 is 15.5 Å². The largest absolute Gasteiger partial charge is 0.354 e. The Hall–Kier alpha value is -1.04. The first-order valence-corrected chi connectivity index (χ1v) is 8.77. The highest BCUT2D eigenvalue weighted by molar-refractivity contribution is 14.0. The summed E-state index contributed by atoms with van der Waals surface area (Å²) in [4.78, 5) is 17.8. The van der Waals surface area contributed by atoms with Crippen LogP contribution < -0.4 is 10.6 Å². The SMILES string of the molecule is CN(C)C(=O)CN=C(NC1CCCCC1)NC1CCCC1C#N.I. The van der Waals surface area contributed by atoms with Crippen molar-refractivity contribution in [3.8, 4) is 6.07 Å². The number of aliphatic imine (C=N–C) groups is 1. The minimum absolute atomic E-state index is 0. The Morgan fingerprint density at radius 1 is 1.12 bits per heavy atom. The number of carbonyl (C=O) groups excluding carboxylic acids is 1. The van der Waals surface area contributed by atoms with E-state index in [0.717, 1.165) is 32.1 Å². The van der Waals surface area contributed by atoms with Crippen LogP contribution in [0.1, 0.15) is 51.4 Å². The molecular formula is C17H30IN5O. The van der Waals surface area contributed by atoms with Gasteiger partial charge in [-0.25, -0.2) is 4.99 Å². The molecular weight excluding hydrogens is 417 g/mol. The van der Waals surface area contributed by atoms with E-state index in [1.54, 1.807) is 19.0 Å². The van der Waals surface area contributed by atoms with Crippen molar-refractivity contribution in [2.75, 3.05) is 20.6 Å². The van der Waals surface area contributed by atoms with Crippen LogP contribution in [0.25, 0.3) is 0 Å². The summed E-state index contributed by atoms with van der Waals surface area (Å²) in [6, 6.07) is 2.95. The van der Waals surface area contributed by atoms with Gasteiger partial charge in [0.1, 0.15) is 6.54 Å². The zero-order valence-electron chi connectivity index (χ0n) is 14.8. The van der Waals surface area contributed by atoms with Crippen molar-refractivity contribution in [3.63, 3.8) is 0 Å². The number of nitrogens with one attached hydrogen (secondary N) is 2. The number of hydrogen-bond donors (Lipinski definition) is 2. The third-order valence-electron chi connectivity index (χ3n) is 4.82. The minimum Gasteiger partial charge on any atom is -0.354 e. The maximum absolute atomic E-state index is 11.8. The van der Waals surface area contributed by atoms with Gasteiger partial charge in [0.05, 0.1) is 12.0 Å². The van der Waals surface area contributed by atoms with Crippen molar-refractivity contribution in [1.82, 2.24) is 15.5 Å². The van der Waals surface area contributed by atoms with Gasteiger partial charge in [-0.2, -0.15) is 5.26 Å². The topological polar surface area (TPSA) is 80.5 Å². The predicted molar refractivity (Wildman–Crippen MR) is 106 cm³/mol. The summed E-state index contributed by atoms with van der Waals surface area (Å²) in [7, 11) is 3.48. The Kier molecular flexibility index (Phi) is 9.41. The maximum Gasteiger partial charge on any atom is 0.243 e. The highest BCUT2D eigenvalue weighted by Gasteiger charge is 2.28. The first-order valence-electron chi connectivity index (χ1n) is 8.77. The van der Waals surface area contributed by atoms with Crippen molar-refractivity contribution in [1.29, 1.82) is 5.26 Å². The third-order valence-corrected chi connectivity index (χ3v) is 4.82. The molecule has 0 bridgehead atoms. The lowest BCUT2D eigenvalue weighted by Crippen LogP contribution is -2.49. The van der Waals surface area contributed by atoms with Gasteiger partial charge in [-0.15, -0.1) is 24.0 Å². The molecule has 2 aliphatic rings. The number of halogens is 1. The lowest BCUT2D eigenvalue weighted by molar-refractivity contribution is -0.127. The molecule has 0 saturated heterocycles. The van der Waals surface area contributed by atoms with Gasteiger partial charge in [0.2, 0.25) is 5.91 Å². The van der Waals surface area contributed by atoms with E-state index in [9.17, 15) is 10.1 Å². The molecule has 2 fully saturated rings. The number of rotatable bonds is 4. The quantitative estimate of drug-likeness (QED) is 0.394. The molecule has 0 aromatic rings. The van der Waals surface area contributed by atoms with E-state index in [-0.39, 0.29) is 48.4 Å². The molecule has 0 aromatic heterocycles. The van der Waals surface area contributed by atoms with E-state index in [1.807, 2.05) is 0 Å². The fourth-order valence-electron chi connectivity index (χ4n) is 3.32. The van der Waals surface area contributed by atoms with Crippen LogP contribution in [0, 0.1) is 17.2 Å². The van der Waals surface area contributed by atoms with Crippen LogP contribution >= 0.6 is 24.0 Å². The average Bonchev–Trinajstić information content (AvgIpc) is 3.00. The highest BCUT2D eigenvalue weighted by Crippen LogP contribution is 2.25. The minimum atomic E-state index is -0.0157. The maximum atomic E-state index is 11.8. The molecule has 2 rings (SSSR count). The monoisotopic (exact) mass is 447 g/mol. The highest BCUT2D eigenvalue weighted by atomic mass is 127. The van der Waals surface area contributed by atoms with Gasteiger partial charge in [0.25, 0.3) is 0 Å². The first-order chi connectivity index (χ1) is 11.1. The van der Waals surface area contributed by atoms with Gasteiger partial charge in [-0.1, -0.05) is 19.3 Å². The van der Waals surface area contributed by atoms with E-state index in [2.05, 4.69) is 21.7 Å². The second-order valence-electron chi connectivity index (χ2n) is 6.85. The Morgan fingerprint density at radius 2 is 1.83 bits per heavy atom. The molecule has 0 radical (unpaired) electrons. The van der Waals surface area contributed by atoms with E-state index < -0.39 is 0 Å². The Morgan fingerprint density at radius 3 is 2.46 bits per heavy atom. The fraction of sp³-hybridized carbons (Fsp3) is 0.824. The van der Waals surface area contributed by atoms with Crippen LogP contribution in [-0.4, -0.2) is 49.5 Å². The number of amides is 1. The molecule has 24 heavy (non-hydrogen) atoms. The molecule has 0 aliphatic heterocycles. The van der Waals surface area contributed by atoms with Crippen LogP contribution in [0.15, 0.2) is 4.99 Å². The molecule has 1 amide bonds. The summed E-state index contributed by atoms with van der Waals surface area (Å²) in [6.07, 6.45) is 9.09. The smallest absolute Gasteiger partial charge is 0.243 e. The normalized spacial score (nSPS) is 24.6. The summed E-state index contributed by atoms with van der Waals surface area (Å²) < 4.78 is 0. The van der Waals surface area contributed by atoms with Crippen LogP contribution in [-0.2, 0) is 4.79 Å². The van der Waals surface area contributed by atoms with Gasteiger partial charge >= 0.3 is 0 Å². The first kappa shape index (κ1) is 21.0. The van der Waals surface area contributed by atoms with Crippen molar-refractivity contribution >= 4 is 35.8 Å². The summed E-state index contributed by atoms with van der Waals surface area (Å²) >= 11 is 0. The number of nitriles is 1. The van der Waals surface area contributed by atoms with E-state index in [4.69, 9.17) is 0 Å². The van der Waals surface area contributed by atoms with Gasteiger partial charge in [0, 0.05) is 26.2 Å². The molecule has 2 atom stereocenters. The lowest BCUT2D eigenvalue weighted by atomic mass is 9.96. The molecule has 2 N–H and O–H groups in total. The fourth-order valence-corrected chi connectivity index (χ4v) is 3.32. The zero-order valence-corrected chi connectivity index (χ0v) is 17.1. The van der Waals surface area contributed by atoms with Crippen LogP contribution in [0.4, 0.5) is 0 Å². The summed E-state index contributed by atoms with van der Waals surface area (Å²) in [5, 5.41) is 16.1.